The van der Waals surface area contributed by atoms with Gasteiger partial charge in [-0.25, -0.2) is 9.36 Å². The number of carbonyl (C=O) groups is 1. The highest BCUT2D eigenvalue weighted by Crippen LogP contribution is 2.15. The molecule has 7 nitrogen and oxygen atoms in total. The Morgan fingerprint density at radius 2 is 1.72 bits per heavy atom. The van der Waals surface area contributed by atoms with Crippen LogP contribution >= 0.6 is 11.6 Å². The van der Waals surface area contributed by atoms with Crippen LogP contribution in [0.2, 0.25) is 5.02 Å². The van der Waals surface area contributed by atoms with E-state index in [1.165, 1.54) is 11.6 Å². The minimum absolute atomic E-state index is 0.203. The van der Waals surface area contributed by atoms with Crippen LogP contribution in [0.5, 0.6) is 0 Å². The molecule has 0 aliphatic carbocycles. The van der Waals surface area contributed by atoms with Crippen LogP contribution in [0.25, 0.3) is 5.69 Å². The summed E-state index contributed by atoms with van der Waals surface area (Å²) in [6.07, 6.45) is 2.57. The first-order chi connectivity index (χ1) is 15.4. The van der Waals surface area contributed by atoms with E-state index in [1.54, 1.807) is 52.8 Å². The molecule has 2 aromatic heterocycles. The smallest absolute Gasteiger partial charge is 0.281 e. The number of aryl methyl sites for hydroxylation is 2. The van der Waals surface area contributed by atoms with Gasteiger partial charge in [0, 0.05) is 22.8 Å². The van der Waals surface area contributed by atoms with Crippen LogP contribution in [0.4, 0.5) is 5.82 Å². The Bertz CT molecular complexity index is 1310. The number of anilines is 1. The Balaban J connectivity index is 1.58. The molecule has 0 spiro atoms. The number of benzene rings is 2. The van der Waals surface area contributed by atoms with Crippen LogP contribution in [0.1, 0.15) is 34.2 Å². The van der Waals surface area contributed by atoms with Crippen LogP contribution in [-0.2, 0) is 13.0 Å². The van der Waals surface area contributed by atoms with E-state index < -0.39 is 11.3 Å². The molecule has 2 aromatic carbocycles. The van der Waals surface area contributed by atoms with Gasteiger partial charge in [-0.2, -0.15) is 10.2 Å². The zero-order valence-electron chi connectivity index (χ0n) is 17.7. The molecule has 0 aliphatic rings. The van der Waals surface area contributed by atoms with E-state index in [4.69, 9.17) is 11.6 Å². The third-order valence-corrected chi connectivity index (χ3v) is 5.37. The van der Waals surface area contributed by atoms with Crippen molar-refractivity contribution in [3.8, 4) is 5.69 Å². The van der Waals surface area contributed by atoms with Gasteiger partial charge in [0.2, 0.25) is 5.43 Å². The van der Waals surface area contributed by atoms with Gasteiger partial charge >= 0.3 is 0 Å². The Labute approximate surface area is 190 Å². The summed E-state index contributed by atoms with van der Waals surface area (Å²) in [6, 6.07) is 18.3. The fourth-order valence-corrected chi connectivity index (χ4v) is 3.47. The number of nitrogens with one attached hydrogen (secondary N) is 1. The molecule has 8 heteroatoms. The first-order valence-electron chi connectivity index (χ1n) is 10.2. The maximum atomic E-state index is 12.9. The van der Waals surface area contributed by atoms with Gasteiger partial charge in [0.05, 0.1) is 18.4 Å². The van der Waals surface area contributed by atoms with E-state index in [-0.39, 0.29) is 5.69 Å². The van der Waals surface area contributed by atoms with Gasteiger partial charge in [-0.1, -0.05) is 42.8 Å². The summed E-state index contributed by atoms with van der Waals surface area (Å²) >= 11 is 5.96. The van der Waals surface area contributed by atoms with Crippen molar-refractivity contribution in [2.24, 2.45) is 0 Å². The lowest BCUT2D eigenvalue weighted by molar-refractivity contribution is 0.101. The number of amides is 1. The second kappa shape index (κ2) is 9.20. The lowest BCUT2D eigenvalue weighted by Gasteiger charge is -2.12. The van der Waals surface area contributed by atoms with Crippen molar-refractivity contribution >= 4 is 23.3 Å². The second-order valence-corrected chi connectivity index (χ2v) is 7.82. The maximum absolute atomic E-state index is 12.9. The largest absolute Gasteiger partial charge is 0.305 e. The molecule has 162 valence electrons. The van der Waals surface area contributed by atoms with Gasteiger partial charge in [-0.05, 0) is 48.7 Å². The van der Waals surface area contributed by atoms with E-state index in [0.717, 1.165) is 12.0 Å². The second-order valence-electron chi connectivity index (χ2n) is 7.39. The van der Waals surface area contributed by atoms with Crippen molar-refractivity contribution in [2.75, 3.05) is 5.32 Å². The standard InChI is InChI=1S/C24H22ClN5O2/c1-3-17-4-6-18(7-5-17)15-29-22(12-13-26-29)27-24(32)23-21(31)14-16(2)30(28-23)20-10-8-19(25)9-11-20/h4-14H,3,15H2,1-2H3,(H,27,32). The Hall–Kier alpha value is -3.71. The molecule has 0 unspecified atom stereocenters. The SMILES string of the molecule is CCc1ccc(Cn2nccc2NC(=O)c2nn(-c3ccc(Cl)cc3)c(C)cc2=O)cc1. The fraction of sp³-hybridized carbons (Fsp3) is 0.167. The van der Waals surface area contributed by atoms with Crippen molar-refractivity contribution < 1.29 is 4.79 Å². The van der Waals surface area contributed by atoms with Gasteiger partial charge in [-0.15, -0.1) is 0 Å². The van der Waals surface area contributed by atoms with E-state index >= 15 is 0 Å². The average molecular weight is 448 g/mol. The van der Waals surface area contributed by atoms with E-state index in [1.807, 2.05) is 12.1 Å². The highest BCUT2D eigenvalue weighted by molar-refractivity contribution is 6.30. The number of halogens is 1. The van der Waals surface area contributed by atoms with Crippen molar-refractivity contribution in [1.29, 1.82) is 0 Å². The molecule has 1 N–H and O–H groups in total. The lowest BCUT2D eigenvalue weighted by Crippen LogP contribution is -2.27. The van der Waals surface area contributed by atoms with Crippen LogP contribution in [-0.4, -0.2) is 25.5 Å². The van der Waals surface area contributed by atoms with E-state index in [2.05, 4.69) is 34.6 Å². The molecule has 0 aliphatic heterocycles. The van der Waals surface area contributed by atoms with Gasteiger partial charge in [0.1, 0.15) is 5.82 Å². The molecule has 32 heavy (non-hydrogen) atoms. The summed E-state index contributed by atoms with van der Waals surface area (Å²) in [4.78, 5) is 25.4. The van der Waals surface area contributed by atoms with Gasteiger partial charge in [-0.3, -0.25) is 9.59 Å². The number of rotatable bonds is 6. The topological polar surface area (TPSA) is 81.8 Å². The molecule has 0 radical (unpaired) electrons. The third kappa shape index (κ3) is 4.63. The predicted molar refractivity (Wildman–Crippen MR) is 125 cm³/mol. The van der Waals surface area contributed by atoms with E-state index in [0.29, 0.717) is 28.8 Å². The van der Waals surface area contributed by atoms with Crippen molar-refractivity contribution in [2.45, 2.75) is 26.8 Å². The summed E-state index contributed by atoms with van der Waals surface area (Å²) in [6.45, 7) is 4.35. The molecule has 0 saturated heterocycles. The maximum Gasteiger partial charge on any atom is 0.281 e. The van der Waals surface area contributed by atoms with Crippen LogP contribution in [0.3, 0.4) is 0 Å². The normalized spacial score (nSPS) is 10.8. The molecule has 0 bridgehead atoms. The monoisotopic (exact) mass is 447 g/mol. The molecule has 0 atom stereocenters. The Morgan fingerprint density at radius 3 is 2.41 bits per heavy atom. The minimum Gasteiger partial charge on any atom is -0.305 e. The summed E-state index contributed by atoms with van der Waals surface area (Å²) < 4.78 is 3.21. The summed E-state index contributed by atoms with van der Waals surface area (Å²) in [7, 11) is 0. The number of hydrogen-bond acceptors (Lipinski definition) is 4. The van der Waals surface area contributed by atoms with Gasteiger partial charge in [0.15, 0.2) is 5.69 Å². The minimum atomic E-state index is -0.596. The molecular formula is C24H22ClN5O2. The fourth-order valence-electron chi connectivity index (χ4n) is 3.34. The zero-order chi connectivity index (χ0) is 22.7. The molecule has 0 fully saturated rings. The first-order valence-corrected chi connectivity index (χ1v) is 10.6. The summed E-state index contributed by atoms with van der Waals surface area (Å²) in [5.74, 6) is -0.116. The third-order valence-electron chi connectivity index (χ3n) is 5.12. The molecule has 4 aromatic rings. The number of aromatic nitrogens is 4. The van der Waals surface area contributed by atoms with Gasteiger partial charge < -0.3 is 5.32 Å². The van der Waals surface area contributed by atoms with Crippen molar-refractivity contribution in [3.05, 3.63) is 105 Å². The number of carbonyl (C=O) groups excluding carboxylic acids is 1. The number of nitrogens with zero attached hydrogens (tertiary/aromatic N) is 4. The highest BCUT2D eigenvalue weighted by atomic mass is 35.5. The summed E-state index contributed by atoms with van der Waals surface area (Å²) in [5, 5.41) is 11.9. The van der Waals surface area contributed by atoms with E-state index in [9.17, 15) is 9.59 Å². The van der Waals surface area contributed by atoms with Crippen molar-refractivity contribution in [3.63, 3.8) is 0 Å². The quantitative estimate of drug-likeness (QED) is 0.479. The predicted octanol–water partition coefficient (Wildman–Crippen LogP) is 4.25. The molecule has 2 heterocycles. The molecular weight excluding hydrogens is 426 g/mol. The Morgan fingerprint density at radius 1 is 1.03 bits per heavy atom. The molecule has 1 amide bonds. The molecule has 4 rings (SSSR count). The van der Waals surface area contributed by atoms with Crippen molar-refractivity contribution in [1.82, 2.24) is 19.6 Å². The lowest BCUT2D eigenvalue weighted by atomic mass is 10.1. The van der Waals surface area contributed by atoms with Gasteiger partial charge in [0.25, 0.3) is 5.91 Å². The molecule has 0 saturated carbocycles. The highest BCUT2D eigenvalue weighted by Gasteiger charge is 2.17. The van der Waals surface area contributed by atoms with Crippen LogP contribution < -0.4 is 10.7 Å². The Kier molecular flexibility index (Phi) is 6.18. The van der Waals surface area contributed by atoms with Crippen LogP contribution in [0.15, 0.2) is 71.7 Å². The number of hydrogen-bond donors (Lipinski definition) is 1. The average Bonchev–Trinajstić information content (AvgIpc) is 3.21. The zero-order valence-corrected chi connectivity index (χ0v) is 18.5. The van der Waals surface area contributed by atoms with Crippen LogP contribution in [0, 0.1) is 6.92 Å². The summed E-state index contributed by atoms with van der Waals surface area (Å²) in [5.41, 5.74) is 2.96. The first kappa shape index (κ1) is 21.5.